The second-order valence-electron chi connectivity index (χ2n) is 2.84. The fourth-order valence-corrected chi connectivity index (χ4v) is 1.34. The predicted molar refractivity (Wildman–Crippen MR) is 46.9 cm³/mol. The van der Waals surface area contributed by atoms with Gasteiger partial charge in [0.05, 0.1) is 0 Å². The molecule has 0 saturated carbocycles. The highest BCUT2D eigenvalue weighted by Gasteiger charge is 2.12. The molecule has 0 unspecified atom stereocenters. The maximum Gasteiger partial charge on any atom is 0.339 e. The molecule has 2 aromatic rings. The lowest BCUT2D eigenvalue weighted by Crippen LogP contribution is -2.03. The summed E-state index contributed by atoms with van der Waals surface area (Å²) in [5, 5.41) is 8.93. The number of aryl methyl sites for hydroxylation is 1. The number of fused-ring (bicyclic) bond motifs is 1. The number of aromatic carboxylic acids is 1. The van der Waals surface area contributed by atoms with Crippen molar-refractivity contribution in [2.24, 2.45) is 0 Å². The van der Waals surface area contributed by atoms with Crippen LogP contribution in [0.5, 0.6) is 0 Å². The third-order valence-corrected chi connectivity index (χ3v) is 1.99. The Hall–Kier alpha value is -1.84. The number of carbonyl (C=O) groups is 1. The van der Waals surface area contributed by atoms with E-state index < -0.39 is 5.97 Å². The van der Waals surface area contributed by atoms with Crippen LogP contribution in [0.1, 0.15) is 15.9 Å². The third kappa shape index (κ3) is 1.07. The SMILES string of the molecule is Cc1ccn2ccnc2c1C(=O)O. The molecule has 0 aliphatic rings. The van der Waals surface area contributed by atoms with Gasteiger partial charge in [-0.2, -0.15) is 0 Å². The minimum Gasteiger partial charge on any atom is -0.478 e. The van der Waals surface area contributed by atoms with Crippen LogP contribution in [0.4, 0.5) is 0 Å². The van der Waals surface area contributed by atoms with Crippen LogP contribution >= 0.6 is 0 Å². The number of pyridine rings is 1. The quantitative estimate of drug-likeness (QED) is 0.713. The molecule has 66 valence electrons. The smallest absolute Gasteiger partial charge is 0.339 e. The van der Waals surface area contributed by atoms with E-state index in [9.17, 15) is 4.79 Å². The van der Waals surface area contributed by atoms with Gasteiger partial charge >= 0.3 is 5.97 Å². The highest BCUT2D eigenvalue weighted by atomic mass is 16.4. The zero-order chi connectivity index (χ0) is 9.42. The van der Waals surface area contributed by atoms with Crippen molar-refractivity contribution >= 4 is 11.6 Å². The number of nitrogens with zero attached hydrogens (tertiary/aromatic N) is 2. The second kappa shape index (κ2) is 2.58. The molecule has 0 amide bonds. The summed E-state index contributed by atoms with van der Waals surface area (Å²) in [7, 11) is 0. The number of rotatable bonds is 1. The van der Waals surface area contributed by atoms with Gasteiger partial charge in [-0.15, -0.1) is 0 Å². The van der Waals surface area contributed by atoms with Crippen molar-refractivity contribution in [2.45, 2.75) is 6.92 Å². The van der Waals surface area contributed by atoms with Crippen LogP contribution in [0.3, 0.4) is 0 Å². The molecule has 0 fully saturated rings. The van der Waals surface area contributed by atoms with Crippen LogP contribution in [-0.4, -0.2) is 20.5 Å². The van der Waals surface area contributed by atoms with E-state index in [1.807, 2.05) is 0 Å². The minimum absolute atomic E-state index is 0.271. The molecule has 2 rings (SSSR count). The molecular formula is C9H8N2O2. The largest absolute Gasteiger partial charge is 0.478 e. The molecule has 0 radical (unpaired) electrons. The Morgan fingerprint density at radius 1 is 1.54 bits per heavy atom. The van der Waals surface area contributed by atoms with E-state index >= 15 is 0 Å². The molecule has 4 nitrogen and oxygen atoms in total. The van der Waals surface area contributed by atoms with E-state index in [-0.39, 0.29) is 5.56 Å². The summed E-state index contributed by atoms with van der Waals surface area (Å²) < 4.78 is 1.69. The van der Waals surface area contributed by atoms with Crippen LogP contribution in [-0.2, 0) is 0 Å². The van der Waals surface area contributed by atoms with Crippen molar-refractivity contribution in [1.29, 1.82) is 0 Å². The first-order chi connectivity index (χ1) is 6.20. The lowest BCUT2D eigenvalue weighted by molar-refractivity contribution is 0.0697. The fourth-order valence-electron chi connectivity index (χ4n) is 1.34. The van der Waals surface area contributed by atoms with Gasteiger partial charge in [0.1, 0.15) is 5.56 Å². The molecule has 4 heteroatoms. The number of carboxylic acid groups (broad SMARTS) is 1. The van der Waals surface area contributed by atoms with E-state index in [2.05, 4.69) is 4.98 Å². The molecule has 0 aromatic carbocycles. The summed E-state index contributed by atoms with van der Waals surface area (Å²) in [6.07, 6.45) is 5.10. The molecule has 2 heterocycles. The van der Waals surface area contributed by atoms with Crippen LogP contribution in [0.15, 0.2) is 24.7 Å². The first-order valence-corrected chi connectivity index (χ1v) is 3.85. The van der Waals surface area contributed by atoms with Gasteiger partial charge in [0.2, 0.25) is 0 Å². The molecule has 13 heavy (non-hydrogen) atoms. The summed E-state index contributed by atoms with van der Waals surface area (Å²) in [4.78, 5) is 14.9. The van der Waals surface area contributed by atoms with Crippen molar-refractivity contribution in [3.05, 3.63) is 35.8 Å². The number of hydrogen-bond donors (Lipinski definition) is 1. The zero-order valence-electron chi connectivity index (χ0n) is 7.06. The maximum atomic E-state index is 10.9. The van der Waals surface area contributed by atoms with Gasteiger partial charge < -0.3 is 9.51 Å². The Balaban J connectivity index is 2.88. The molecule has 0 bridgehead atoms. The average Bonchev–Trinajstić information content (AvgIpc) is 2.50. The van der Waals surface area contributed by atoms with Crippen LogP contribution in [0.2, 0.25) is 0 Å². The van der Waals surface area contributed by atoms with Gasteiger partial charge in [0.15, 0.2) is 5.65 Å². The predicted octanol–water partition coefficient (Wildman–Crippen LogP) is 1.34. The van der Waals surface area contributed by atoms with Gasteiger partial charge in [-0.1, -0.05) is 0 Å². The maximum absolute atomic E-state index is 10.9. The standard InChI is InChI=1S/C9H8N2O2/c1-6-2-4-11-5-3-10-8(11)7(6)9(12)13/h2-5H,1H3,(H,12,13). The zero-order valence-corrected chi connectivity index (χ0v) is 7.06. The van der Waals surface area contributed by atoms with Crippen molar-refractivity contribution < 1.29 is 9.90 Å². The van der Waals surface area contributed by atoms with Crippen molar-refractivity contribution in [2.75, 3.05) is 0 Å². The Kier molecular flexibility index (Phi) is 1.55. The van der Waals surface area contributed by atoms with E-state index in [1.165, 1.54) is 0 Å². The summed E-state index contributed by atoms with van der Waals surface area (Å²) in [5.41, 5.74) is 1.49. The van der Waals surface area contributed by atoms with Gasteiger partial charge in [0.25, 0.3) is 0 Å². The summed E-state index contributed by atoms with van der Waals surface area (Å²) >= 11 is 0. The average molecular weight is 176 g/mol. The molecule has 2 aromatic heterocycles. The number of imidazole rings is 1. The lowest BCUT2D eigenvalue weighted by atomic mass is 10.1. The molecule has 0 aliphatic carbocycles. The van der Waals surface area contributed by atoms with Crippen LogP contribution < -0.4 is 0 Å². The van der Waals surface area contributed by atoms with Crippen molar-refractivity contribution in [1.82, 2.24) is 9.38 Å². The van der Waals surface area contributed by atoms with Crippen molar-refractivity contribution in [3.63, 3.8) is 0 Å². The minimum atomic E-state index is -0.936. The lowest BCUT2D eigenvalue weighted by Gasteiger charge is -2.01. The molecule has 0 atom stereocenters. The third-order valence-electron chi connectivity index (χ3n) is 1.99. The number of carboxylic acids is 1. The van der Waals surface area contributed by atoms with E-state index in [0.29, 0.717) is 5.65 Å². The van der Waals surface area contributed by atoms with Gasteiger partial charge in [-0.25, -0.2) is 9.78 Å². The molecular weight excluding hydrogens is 168 g/mol. The topological polar surface area (TPSA) is 54.6 Å². The first-order valence-electron chi connectivity index (χ1n) is 3.85. The van der Waals surface area contributed by atoms with Gasteiger partial charge in [-0.3, -0.25) is 0 Å². The Labute approximate surface area is 74.5 Å². The summed E-state index contributed by atoms with van der Waals surface area (Å²) in [6.45, 7) is 1.76. The van der Waals surface area contributed by atoms with Crippen LogP contribution in [0, 0.1) is 6.92 Å². The molecule has 0 aliphatic heterocycles. The number of aromatic nitrogens is 2. The van der Waals surface area contributed by atoms with Gasteiger partial charge in [0, 0.05) is 18.6 Å². The highest BCUT2D eigenvalue weighted by Crippen LogP contribution is 2.13. The second-order valence-corrected chi connectivity index (χ2v) is 2.84. The van der Waals surface area contributed by atoms with E-state index in [0.717, 1.165) is 5.56 Å². The van der Waals surface area contributed by atoms with Gasteiger partial charge in [-0.05, 0) is 18.6 Å². The normalized spacial score (nSPS) is 10.5. The highest BCUT2D eigenvalue weighted by molar-refractivity contribution is 5.95. The summed E-state index contributed by atoms with van der Waals surface area (Å²) in [6, 6.07) is 1.76. The Morgan fingerprint density at radius 2 is 2.31 bits per heavy atom. The Morgan fingerprint density at radius 3 is 3.00 bits per heavy atom. The van der Waals surface area contributed by atoms with E-state index in [4.69, 9.17) is 5.11 Å². The fraction of sp³-hybridized carbons (Fsp3) is 0.111. The molecule has 0 saturated heterocycles. The monoisotopic (exact) mass is 176 g/mol. The first kappa shape index (κ1) is 7.79. The van der Waals surface area contributed by atoms with Crippen LogP contribution in [0.25, 0.3) is 5.65 Å². The summed E-state index contributed by atoms with van der Waals surface area (Å²) in [5.74, 6) is -0.936. The van der Waals surface area contributed by atoms with E-state index in [1.54, 1.807) is 36.0 Å². The molecule has 0 spiro atoms. The Bertz CT molecular complexity index is 473. The molecule has 1 N–H and O–H groups in total. The number of hydrogen-bond acceptors (Lipinski definition) is 2. The van der Waals surface area contributed by atoms with Crippen molar-refractivity contribution in [3.8, 4) is 0 Å².